The first kappa shape index (κ1) is 40.7. The van der Waals surface area contributed by atoms with Crippen molar-refractivity contribution in [2.24, 2.45) is 5.92 Å². The van der Waals surface area contributed by atoms with Crippen molar-refractivity contribution in [1.29, 1.82) is 0 Å². The maximum atomic E-state index is 10.0. The monoisotopic (exact) mass is 597 g/mol. The summed E-state index contributed by atoms with van der Waals surface area (Å²) < 4.78 is 0. The quantitative estimate of drug-likeness (QED) is 0.0400. The Morgan fingerprint density at radius 1 is 0.537 bits per heavy atom. The molecule has 0 amide bonds. The van der Waals surface area contributed by atoms with E-state index in [1.165, 1.54) is 161 Å². The van der Waals surface area contributed by atoms with Gasteiger partial charge in [0.1, 0.15) is 12.2 Å². The average Bonchev–Trinajstić information content (AvgIpc) is 2.98. The number of allylic oxidation sites excluding steroid dienone is 2. The van der Waals surface area contributed by atoms with E-state index in [1.54, 1.807) is 0 Å². The summed E-state index contributed by atoms with van der Waals surface area (Å²) in [5.74, 6) is 0.749. The zero-order valence-electron chi connectivity index (χ0n) is 27.6. The molecule has 41 heavy (non-hydrogen) atoms. The molecule has 0 aromatic carbocycles. The fraction of sp³-hybridized carbons (Fsp3) is 0.919. The molecular weight excluding hydrogens is 524 g/mol. The topological polar surface area (TPSA) is 60.7 Å². The standard InChI is InChI=1S/C37H72O3S/c1-3-5-7-9-11-13-14-15-16-17-18-19-21-23-25-27-30-34(29-26-24-22-20-12-10-8-6-4-2)31-28-32-36(41)37(40)35(39)33-38/h15-16,34-35,37-40H,3-14,17-33H2,1-2H3/b16-15-. The maximum Gasteiger partial charge on any atom is 0.113 e. The van der Waals surface area contributed by atoms with Gasteiger partial charge in [-0.1, -0.05) is 179 Å². The molecule has 0 aromatic rings. The summed E-state index contributed by atoms with van der Waals surface area (Å²) in [6.45, 7) is 4.12. The van der Waals surface area contributed by atoms with Gasteiger partial charge in [-0.2, -0.15) is 0 Å². The van der Waals surface area contributed by atoms with Crippen LogP contribution in [0.4, 0.5) is 0 Å². The first-order valence-corrected chi connectivity index (χ1v) is 18.6. The Morgan fingerprint density at radius 2 is 0.902 bits per heavy atom. The largest absolute Gasteiger partial charge is 0.394 e. The average molecular weight is 597 g/mol. The lowest BCUT2D eigenvalue weighted by atomic mass is 9.89. The third kappa shape index (κ3) is 28.2. The van der Waals surface area contributed by atoms with Crippen molar-refractivity contribution < 1.29 is 15.3 Å². The van der Waals surface area contributed by atoms with Crippen molar-refractivity contribution in [3.8, 4) is 0 Å². The minimum Gasteiger partial charge on any atom is -0.394 e. The normalized spacial score (nSPS) is 14.1. The van der Waals surface area contributed by atoms with Gasteiger partial charge in [0, 0.05) is 4.86 Å². The highest BCUT2D eigenvalue weighted by atomic mass is 32.1. The number of rotatable bonds is 33. The van der Waals surface area contributed by atoms with Crippen LogP contribution in [0.5, 0.6) is 0 Å². The molecule has 0 aromatic heterocycles. The summed E-state index contributed by atoms with van der Waals surface area (Å²) in [7, 11) is 0. The second-order valence-electron chi connectivity index (χ2n) is 12.8. The summed E-state index contributed by atoms with van der Waals surface area (Å²) in [6.07, 6.45) is 39.4. The fourth-order valence-corrected chi connectivity index (χ4v) is 6.19. The molecule has 0 heterocycles. The van der Waals surface area contributed by atoms with E-state index in [-0.39, 0.29) is 0 Å². The van der Waals surface area contributed by atoms with Gasteiger partial charge in [0.15, 0.2) is 0 Å². The molecule has 0 spiro atoms. The van der Waals surface area contributed by atoms with Crippen molar-refractivity contribution in [2.45, 2.75) is 206 Å². The van der Waals surface area contributed by atoms with Crippen molar-refractivity contribution in [3.05, 3.63) is 12.2 Å². The van der Waals surface area contributed by atoms with E-state index in [0.717, 1.165) is 18.8 Å². The molecule has 3 atom stereocenters. The van der Waals surface area contributed by atoms with E-state index in [2.05, 4.69) is 26.0 Å². The van der Waals surface area contributed by atoms with Crippen molar-refractivity contribution in [1.82, 2.24) is 0 Å². The SMILES string of the molecule is CCCCCCCC/C=C\CCCCCCCCC(CCCCCCCCCCC)CCCC(=S)C(O)C(O)CO. The number of hydrogen-bond donors (Lipinski definition) is 3. The molecule has 0 aliphatic heterocycles. The van der Waals surface area contributed by atoms with E-state index < -0.39 is 18.8 Å². The molecule has 0 aliphatic rings. The number of thiocarbonyl (C=S) groups is 1. The highest BCUT2D eigenvalue weighted by Crippen LogP contribution is 2.25. The van der Waals surface area contributed by atoms with Crippen LogP contribution in [0.15, 0.2) is 12.2 Å². The van der Waals surface area contributed by atoms with Crippen LogP contribution in [-0.2, 0) is 0 Å². The molecule has 0 fully saturated rings. The second-order valence-corrected chi connectivity index (χ2v) is 13.3. The number of aliphatic hydroxyl groups excluding tert-OH is 3. The van der Waals surface area contributed by atoms with Crippen molar-refractivity contribution in [2.75, 3.05) is 6.61 Å². The Bertz CT molecular complexity index is 564. The third-order valence-corrected chi connectivity index (χ3v) is 9.20. The molecule has 0 saturated carbocycles. The zero-order chi connectivity index (χ0) is 30.2. The summed E-state index contributed by atoms with van der Waals surface area (Å²) in [4.78, 5) is 0.491. The van der Waals surface area contributed by atoms with Crippen LogP contribution in [0.1, 0.15) is 194 Å². The zero-order valence-corrected chi connectivity index (χ0v) is 28.5. The van der Waals surface area contributed by atoms with Crippen LogP contribution in [-0.4, -0.2) is 39.0 Å². The summed E-state index contributed by atoms with van der Waals surface area (Å²) in [5, 5.41) is 28.8. The van der Waals surface area contributed by atoms with Crippen LogP contribution in [0.25, 0.3) is 0 Å². The van der Waals surface area contributed by atoms with Gasteiger partial charge in [-0.15, -0.1) is 0 Å². The molecule has 0 bridgehead atoms. The minimum absolute atomic E-state index is 0.446. The van der Waals surface area contributed by atoms with Gasteiger partial charge >= 0.3 is 0 Å². The number of unbranched alkanes of at least 4 members (excludes halogenated alkanes) is 20. The fourth-order valence-electron chi connectivity index (χ4n) is 5.88. The van der Waals surface area contributed by atoms with Gasteiger partial charge < -0.3 is 15.3 Å². The molecule has 0 aliphatic carbocycles. The Balaban J connectivity index is 4.04. The molecule has 3 unspecified atom stereocenters. The van der Waals surface area contributed by atoms with E-state index in [9.17, 15) is 10.2 Å². The molecule has 0 rings (SSSR count). The van der Waals surface area contributed by atoms with Crippen LogP contribution in [0, 0.1) is 5.92 Å². The van der Waals surface area contributed by atoms with Gasteiger partial charge in [0.25, 0.3) is 0 Å². The lowest BCUT2D eigenvalue weighted by molar-refractivity contribution is 0.0185. The van der Waals surface area contributed by atoms with Gasteiger partial charge in [-0.05, 0) is 44.4 Å². The van der Waals surface area contributed by atoms with E-state index >= 15 is 0 Å². The summed E-state index contributed by atoms with van der Waals surface area (Å²) >= 11 is 5.33. The Kier molecular flexibility index (Phi) is 32.4. The predicted molar refractivity (Wildman–Crippen MR) is 185 cm³/mol. The van der Waals surface area contributed by atoms with E-state index in [0.29, 0.717) is 11.3 Å². The molecule has 3 nitrogen and oxygen atoms in total. The minimum atomic E-state index is -1.15. The van der Waals surface area contributed by atoms with Crippen LogP contribution in [0.2, 0.25) is 0 Å². The highest BCUT2D eigenvalue weighted by molar-refractivity contribution is 7.80. The molecule has 0 radical (unpaired) electrons. The first-order valence-electron chi connectivity index (χ1n) is 18.2. The Hall–Kier alpha value is -0.290. The van der Waals surface area contributed by atoms with Crippen LogP contribution >= 0.6 is 12.2 Å². The van der Waals surface area contributed by atoms with Gasteiger partial charge in [-0.25, -0.2) is 0 Å². The van der Waals surface area contributed by atoms with E-state index in [1.807, 2.05) is 0 Å². The number of hydrogen-bond acceptors (Lipinski definition) is 4. The lowest BCUT2D eigenvalue weighted by Gasteiger charge is -2.19. The first-order chi connectivity index (χ1) is 20.1. The van der Waals surface area contributed by atoms with Crippen LogP contribution < -0.4 is 0 Å². The Labute approximate surface area is 262 Å². The molecular formula is C37H72O3S. The highest BCUT2D eigenvalue weighted by Gasteiger charge is 2.20. The molecule has 0 saturated heterocycles. The van der Waals surface area contributed by atoms with E-state index in [4.69, 9.17) is 17.3 Å². The third-order valence-electron chi connectivity index (χ3n) is 8.76. The Morgan fingerprint density at radius 3 is 1.32 bits per heavy atom. The van der Waals surface area contributed by atoms with Crippen molar-refractivity contribution in [3.63, 3.8) is 0 Å². The summed E-state index contributed by atoms with van der Waals surface area (Å²) in [5.41, 5.74) is 0. The van der Waals surface area contributed by atoms with Crippen molar-refractivity contribution >= 4 is 17.1 Å². The second kappa shape index (κ2) is 32.6. The smallest absolute Gasteiger partial charge is 0.113 e. The maximum absolute atomic E-state index is 10.0. The molecule has 4 heteroatoms. The van der Waals surface area contributed by atoms with Gasteiger partial charge in [-0.3, -0.25) is 0 Å². The van der Waals surface area contributed by atoms with Crippen LogP contribution in [0.3, 0.4) is 0 Å². The summed E-state index contributed by atoms with van der Waals surface area (Å²) in [6, 6.07) is 0. The number of aliphatic hydroxyl groups is 3. The molecule has 244 valence electrons. The van der Waals surface area contributed by atoms with Gasteiger partial charge in [0.05, 0.1) is 6.61 Å². The lowest BCUT2D eigenvalue weighted by Crippen LogP contribution is -2.35. The predicted octanol–water partition coefficient (Wildman–Crippen LogP) is 11.2. The molecule has 3 N–H and O–H groups in total. The van der Waals surface area contributed by atoms with Gasteiger partial charge in [0.2, 0.25) is 0 Å².